The molecule has 0 spiro atoms. The molecule has 1 heterocycles. The van der Waals surface area contributed by atoms with Gasteiger partial charge in [0.05, 0.1) is 11.1 Å². The highest BCUT2D eigenvalue weighted by atomic mass is 79.9. The van der Waals surface area contributed by atoms with Crippen LogP contribution in [0.3, 0.4) is 0 Å². The minimum Gasteiger partial charge on any atom is -0.395 e. The number of nitrogens with one attached hydrogen (secondary N) is 1. The van der Waals surface area contributed by atoms with Crippen LogP contribution in [0.1, 0.15) is 18.4 Å². The standard InChI is InChI=1S/C15H22BrFN2O/c16-14-9-13(1-2-15(14)17)11-18-10-12-3-5-19(6-4-12)7-8-20/h1-2,9,12,18,20H,3-8,10-11H2. The van der Waals surface area contributed by atoms with E-state index < -0.39 is 0 Å². The third kappa shape index (κ3) is 4.81. The summed E-state index contributed by atoms with van der Waals surface area (Å²) >= 11 is 3.21. The SMILES string of the molecule is OCCN1CCC(CNCc2ccc(F)c(Br)c2)CC1. The summed E-state index contributed by atoms with van der Waals surface area (Å²) in [6, 6.07) is 5.14. The lowest BCUT2D eigenvalue weighted by Crippen LogP contribution is -2.38. The van der Waals surface area contributed by atoms with Gasteiger partial charge in [0, 0.05) is 13.1 Å². The Labute approximate surface area is 128 Å². The average Bonchev–Trinajstić information content (AvgIpc) is 2.45. The van der Waals surface area contributed by atoms with Crippen molar-refractivity contribution in [2.75, 3.05) is 32.8 Å². The molecule has 0 unspecified atom stereocenters. The number of nitrogens with zero attached hydrogens (tertiary/aromatic N) is 1. The highest BCUT2D eigenvalue weighted by Crippen LogP contribution is 2.18. The van der Waals surface area contributed by atoms with Crippen LogP contribution in [-0.4, -0.2) is 42.8 Å². The van der Waals surface area contributed by atoms with Gasteiger partial charge in [-0.2, -0.15) is 0 Å². The lowest BCUT2D eigenvalue weighted by molar-refractivity contribution is 0.146. The summed E-state index contributed by atoms with van der Waals surface area (Å²) < 4.78 is 13.6. The third-order valence-electron chi connectivity index (χ3n) is 3.87. The normalized spacial score (nSPS) is 17.6. The number of β-amino-alcohol motifs (C(OH)–C–C–N with tert-alkyl or cyclic N) is 1. The van der Waals surface area contributed by atoms with Crippen LogP contribution in [0.4, 0.5) is 4.39 Å². The predicted molar refractivity (Wildman–Crippen MR) is 82.1 cm³/mol. The molecule has 2 rings (SSSR count). The summed E-state index contributed by atoms with van der Waals surface area (Å²) in [5.74, 6) is 0.485. The zero-order valence-corrected chi connectivity index (χ0v) is 13.2. The van der Waals surface area contributed by atoms with Gasteiger partial charge in [-0.1, -0.05) is 6.07 Å². The molecule has 0 saturated carbocycles. The Kier molecular flexibility index (Phi) is 6.42. The molecule has 0 aliphatic carbocycles. The number of halogens is 2. The molecule has 0 amide bonds. The lowest BCUT2D eigenvalue weighted by atomic mass is 9.97. The summed E-state index contributed by atoms with van der Waals surface area (Å²) in [5, 5.41) is 12.4. The van der Waals surface area contributed by atoms with Crippen LogP contribution in [-0.2, 0) is 6.54 Å². The topological polar surface area (TPSA) is 35.5 Å². The van der Waals surface area contributed by atoms with E-state index in [2.05, 4.69) is 26.1 Å². The minimum atomic E-state index is -0.218. The number of likely N-dealkylation sites (tertiary alicyclic amines) is 1. The maximum absolute atomic E-state index is 13.1. The maximum Gasteiger partial charge on any atom is 0.137 e. The third-order valence-corrected chi connectivity index (χ3v) is 4.48. The molecule has 1 aromatic carbocycles. The van der Waals surface area contributed by atoms with E-state index in [1.54, 1.807) is 0 Å². The molecule has 0 atom stereocenters. The number of aliphatic hydroxyl groups is 1. The predicted octanol–water partition coefficient (Wildman–Crippen LogP) is 2.38. The largest absolute Gasteiger partial charge is 0.395 e. The summed E-state index contributed by atoms with van der Waals surface area (Å²) in [4.78, 5) is 2.31. The van der Waals surface area contributed by atoms with Gasteiger partial charge in [0.2, 0.25) is 0 Å². The molecule has 1 aliphatic heterocycles. The zero-order valence-electron chi connectivity index (χ0n) is 11.6. The second-order valence-electron chi connectivity index (χ2n) is 5.39. The summed E-state index contributed by atoms with van der Waals surface area (Å²) in [5.41, 5.74) is 1.09. The molecule has 3 nitrogen and oxygen atoms in total. The number of aliphatic hydroxyl groups excluding tert-OH is 1. The molecule has 1 aliphatic rings. The smallest absolute Gasteiger partial charge is 0.137 e. The number of rotatable bonds is 6. The molecule has 0 bridgehead atoms. The first-order valence-corrected chi connectivity index (χ1v) is 7.96. The summed E-state index contributed by atoms with van der Waals surface area (Å²) in [7, 11) is 0. The molecule has 5 heteroatoms. The molecule has 112 valence electrons. The molecule has 0 aromatic heterocycles. The van der Waals surface area contributed by atoms with Gasteiger partial charge in [-0.15, -0.1) is 0 Å². The Bertz CT molecular complexity index is 422. The van der Waals surface area contributed by atoms with E-state index in [1.807, 2.05) is 12.1 Å². The number of benzene rings is 1. The van der Waals surface area contributed by atoms with Gasteiger partial charge in [-0.3, -0.25) is 0 Å². The number of hydrogen-bond donors (Lipinski definition) is 2. The van der Waals surface area contributed by atoms with E-state index in [0.29, 0.717) is 10.4 Å². The average molecular weight is 345 g/mol. The van der Waals surface area contributed by atoms with Crippen LogP contribution < -0.4 is 5.32 Å². The quantitative estimate of drug-likeness (QED) is 0.831. The second-order valence-corrected chi connectivity index (χ2v) is 6.24. The van der Waals surface area contributed by atoms with E-state index in [-0.39, 0.29) is 12.4 Å². The minimum absolute atomic E-state index is 0.218. The van der Waals surface area contributed by atoms with Crippen molar-refractivity contribution in [3.8, 4) is 0 Å². The number of hydrogen-bond acceptors (Lipinski definition) is 3. The Hall–Kier alpha value is -0.490. The van der Waals surface area contributed by atoms with Gasteiger partial charge in [0.1, 0.15) is 5.82 Å². The summed E-state index contributed by atoms with van der Waals surface area (Å²) in [6.07, 6.45) is 2.36. The van der Waals surface area contributed by atoms with Gasteiger partial charge in [-0.25, -0.2) is 4.39 Å². The van der Waals surface area contributed by atoms with Crippen molar-refractivity contribution >= 4 is 15.9 Å². The van der Waals surface area contributed by atoms with Crippen LogP contribution in [0.15, 0.2) is 22.7 Å². The Morgan fingerprint density at radius 2 is 2.10 bits per heavy atom. The Morgan fingerprint density at radius 1 is 1.35 bits per heavy atom. The first kappa shape index (κ1) is 15.9. The van der Waals surface area contributed by atoms with Gasteiger partial charge < -0.3 is 15.3 Å². The molecule has 1 aromatic rings. The molecule has 20 heavy (non-hydrogen) atoms. The van der Waals surface area contributed by atoms with Crippen molar-refractivity contribution in [1.82, 2.24) is 10.2 Å². The Balaban J connectivity index is 1.67. The van der Waals surface area contributed by atoms with Crippen molar-refractivity contribution in [3.05, 3.63) is 34.1 Å². The van der Waals surface area contributed by atoms with E-state index in [1.165, 1.54) is 18.9 Å². The zero-order chi connectivity index (χ0) is 14.4. The first-order chi connectivity index (χ1) is 9.69. The van der Waals surface area contributed by atoms with E-state index in [4.69, 9.17) is 5.11 Å². The van der Waals surface area contributed by atoms with Crippen molar-refractivity contribution in [3.63, 3.8) is 0 Å². The highest BCUT2D eigenvalue weighted by molar-refractivity contribution is 9.10. The van der Waals surface area contributed by atoms with Crippen molar-refractivity contribution in [2.24, 2.45) is 5.92 Å². The van der Waals surface area contributed by atoms with Crippen LogP contribution in [0, 0.1) is 11.7 Å². The van der Waals surface area contributed by atoms with Crippen LogP contribution in [0.5, 0.6) is 0 Å². The van der Waals surface area contributed by atoms with Gasteiger partial charge in [0.15, 0.2) is 0 Å². The number of piperidine rings is 1. The van der Waals surface area contributed by atoms with E-state index in [9.17, 15) is 4.39 Å². The summed E-state index contributed by atoms with van der Waals surface area (Å²) in [6.45, 7) is 4.98. The second kappa shape index (κ2) is 8.08. The van der Waals surface area contributed by atoms with Crippen LogP contribution in [0.2, 0.25) is 0 Å². The van der Waals surface area contributed by atoms with Crippen molar-refractivity contribution < 1.29 is 9.50 Å². The molecular formula is C15H22BrFN2O. The van der Waals surface area contributed by atoms with E-state index >= 15 is 0 Å². The van der Waals surface area contributed by atoms with Crippen LogP contribution >= 0.6 is 15.9 Å². The fourth-order valence-corrected chi connectivity index (χ4v) is 3.05. The van der Waals surface area contributed by atoms with Gasteiger partial charge >= 0.3 is 0 Å². The fraction of sp³-hybridized carbons (Fsp3) is 0.600. The molecule has 2 N–H and O–H groups in total. The molecule has 0 radical (unpaired) electrons. The van der Waals surface area contributed by atoms with Gasteiger partial charge in [-0.05, 0) is 72.0 Å². The maximum atomic E-state index is 13.1. The highest BCUT2D eigenvalue weighted by Gasteiger charge is 2.18. The van der Waals surface area contributed by atoms with Gasteiger partial charge in [0.25, 0.3) is 0 Å². The Morgan fingerprint density at radius 3 is 2.75 bits per heavy atom. The monoisotopic (exact) mass is 344 g/mol. The lowest BCUT2D eigenvalue weighted by Gasteiger charge is -2.31. The van der Waals surface area contributed by atoms with Crippen LogP contribution in [0.25, 0.3) is 0 Å². The molecular weight excluding hydrogens is 323 g/mol. The molecule has 1 fully saturated rings. The molecule has 1 saturated heterocycles. The van der Waals surface area contributed by atoms with Crippen molar-refractivity contribution in [1.29, 1.82) is 0 Å². The fourth-order valence-electron chi connectivity index (χ4n) is 2.63. The first-order valence-electron chi connectivity index (χ1n) is 7.17. The van der Waals surface area contributed by atoms with Crippen molar-refractivity contribution in [2.45, 2.75) is 19.4 Å². The van der Waals surface area contributed by atoms with E-state index in [0.717, 1.165) is 38.3 Å².